The maximum Gasteiger partial charge on any atom is 0.0626 e. The zero-order valence-electron chi connectivity index (χ0n) is 10.4. The maximum atomic E-state index is 5.64. The molecular weight excluding hydrogens is 200 g/mol. The highest BCUT2D eigenvalue weighted by atomic mass is 16.5. The Morgan fingerprint density at radius 1 is 1.38 bits per heavy atom. The summed E-state index contributed by atoms with van der Waals surface area (Å²) in [5.41, 5.74) is 1.11. The van der Waals surface area contributed by atoms with Gasteiger partial charge in [0, 0.05) is 24.4 Å². The van der Waals surface area contributed by atoms with E-state index in [2.05, 4.69) is 37.1 Å². The van der Waals surface area contributed by atoms with Gasteiger partial charge in [-0.1, -0.05) is 13.0 Å². The van der Waals surface area contributed by atoms with E-state index in [0.717, 1.165) is 25.3 Å². The van der Waals surface area contributed by atoms with Gasteiger partial charge in [-0.05, 0) is 32.5 Å². The molecule has 1 rings (SSSR count). The van der Waals surface area contributed by atoms with Crippen LogP contribution < -0.4 is 5.32 Å². The molecule has 0 fully saturated rings. The van der Waals surface area contributed by atoms with Crippen molar-refractivity contribution in [3.63, 3.8) is 0 Å². The third-order valence-electron chi connectivity index (χ3n) is 2.31. The summed E-state index contributed by atoms with van der Waals surface area (Å²) in [4.78, 5) is 4.33. The van der Waals surface area contributed by atoms with E-state index in [0.29, 0.717) is 6.04 Å². The molecule has 0 aromatic carbocycles. The number of hydrogen-bond donors (Lipinski definition) is 1. The van der Waals surface area contributed by atoms with E-state index >= 15 is 0 Å². The number of likely N-dealkylation sites (N-methyl/N-ethyl adjacent to an activating group) is 1. The van der Waals surface area contributed by atoms with E-state index in [9.17, 15) is 0 Å². The van der Waals surface area contributed by atoms with Gasteiger partial charge in [0.05, 0.1) is 12.7 Å². The van der Waals surface area contributed by atoms with Gasteiger partial charge in [0.1, 0.15) is 0 Å². The topological polar surface area (TPSA) is 34.1 Å². The molecule has 0 aliphatic rings. The molecule has 1 atom stereocenters. The smallest absolute Gasteiger partial charge is 0.0626 e. The molecule has 0 aliphatic heterocycles. The molecule has 0 spiro atoms. The fourth-order valence-corrected chi connectivity index (χ4v) is 1.56. The first-order valence-electron chi connectivity index (χ1n) is 5.97. The van der Waals surface area contributed by atoms with Crippen LogP contribution in [0.4, 0.5) is 0 Å². The van der Waals surface area contributed by atoms with Crippen LogP contribution in [0.3, 0.4) is 0 Å². The van der Waals surface area contributed by atoms with Crippen LogP contribution in [0, 0.1) is 0 Å². The van der Waals surface area contributed by atoms with Crippen molar-refractivity contribution in [3.8, 4) is 0 Å². The minimum absolute atomic E-state index is 0.282. The standard InChI is InChI=1S/C13H22N2O/c1-4-14-13(10-16-11(2)3)9-12-7-5-6-8-15-12/h5-8,11,13-14H,4,9-10H2,1-3H3. The quantitative estimate of drug-likeness (QED) is 0.766. The monoisotopic (exact) mass is 222 g/mol. The molecule has 1 N–H and O–H groups in total. The molecule has 1 aromatic heterocycles. The normalized spacial score (nSPS) is 13.0. The molecular formula is C13H22N2O. The second-order valence-electron chi connectivity index (χ2n) is 4.16. The lowest BCUT2D eigenvalue weighted by Crippen LogP contribution is -2.36. The predicted octanol–water partition coefficient (Wildman–Crippen LogP) is 2.03. The van der Waals surface area contributed by atoms with Crippen LogP contribution in [0.25, 0.3) is 0 Å². The highest BCUT2D eigenvalue weighted by molar-refractivity contribution is 5.05. The van der Waals surface area contributed by atoms with Crippen molar-refractivity contribution in [1.29, 1.82) is 0 Å². The van der Waals surface area contributed by atoms with Crippen LogP contribution >= 0.6 is 0 Å². The van der Waals surface area contributed by atoms with Crippen LogP contribution in [-0.2, 0) is 11.2 Å². The van der Waals surface area contributed by atoms with Gasteiger partial charge in [-0.2, -0.15) is 0 Å². The SMILES string of the molecule is CCNC(COC(C)C)Cc1ccccn1. The molecule has 0 bridgehead atoms. The summed E-state index contributed by atoms with van der Waals surface area (Å²) in [7, 11) is 0. The van der Waals surface area contributed by atoms with Crippen LogP contribution in [0.1, 0.15) is 26.5 Å². The van der Waals surface area contributed by atoms with Crippen LogP contribution in [0.15, 0.2) is 24.4 Å². The van der Waals surface area contributed by atoms with Gasteiger partial charge in [-0.25, -0.2) is 0 Å². The average molecular weight is 222 g/mol. The summed E-state index contributed by atoms with van der Waals surface area (Å²) in [6.07, 6.45) is 3.04. The van der Waals surface area contributed by atoms with Gasteiger partial charge in [0.2, 0.25) is 0 Å². The second kappa shape index (κ2) is 7.36. The highest BCUT2D eigenvalue weighted by Gasteiger charge is 2.09. The van der Waals surface area contributed by atoms with Crippen molar-refractivity contribution in [1.82, 2.24) is 10.3 Å². The number of rotatable bonds is 7. The molecule has 1 heterocycles. The Morgan fingerprint density at radius 3 is 2.75 bits per heavy atom. The summed E-state index contributed by atoms with van der Waals surface area (Å²) in [6, 6.07) is 6.37. The molecule has 90 valence electrons. The lowest BCUT2D eigenvalue weighted by molar-refractivity contribution is 0.0614. The zero-order valence-corrected chi connectivity index (χ0v) is 10.4. The Kier molecular flexibility index (Phi) is 6.04. The first-order chi connectivity index (χ1) is 7.72. The molecule has 0 radical (unpaired) electrons. The number of ether oxygens (including phenoxy) is 1. The van der Waals surface area contributed by atoms with E-state index in [1.54, 1.807) is 0 Å². The fraction of sp³-hybridized carbons (Fsp3) is 0.615. The molecule has 1 aromatic rings. The Balaban J connectivity index is 2.44. The first-order valence-corrected chi connectivity index (χ1v) is 5.97. The van der Waals surface area contributed by atoms with E-state index in [-0.39, 0.29) is 6.10 Å². The summed E-state index contributed by atoms with van der Waals surface area (Å²) >= 11 is 0. The second-order valence-corrected chi connectivity index (χ2v) is 4.16. The van der Waals surface area contributed by atoms with Gasteiger partial charge < -0.3 is 10.1 Å². The lowest BCUT2D eigenvalue weighted by atomic mass is 10.1. The third-order valence-corrected chi connectivity index (χ3v) is 2.31. The zero-order chi connectivity index (χ0) is 11.8. The molecule has 3 nitrogen and oxygen atoms in total. The number of aromatic nitrogens is 1. The number of nitrogens with zero attached hydrogens (tertiary/aromatic N) is 1. The van der Waals surface area contributed by atoms with Crippen molar-refractivity contribution < 1.29 is 4.74 Å². The van der Waals surface area contributed by atoms with Crippen molar-refractivity contribution in [2.45, 2.75) is 39.3 Å². The average Bonchev–Trinajstić information content (AvgIpc) is 2.27. The van der Waals surface area contributed by atoms with Gasteiger partial charge >= 0.3 is 0 Å². The van der Waals surface area contributed by atoms with E-state index in [4.69, 9.17) is 4.74 Å². The van der Waals surface area contributed by atoms with Gasteiger partial charge in [-0.15, -0.1) is 0 Å². The Hall–Kier alpha value is -0.930. The van der Waals surface area contributed by atoms with E-state index in [1.165, 1.54) is 0 Å². The molecule has 0 aliphatic carbocycles. The van der Waals surface area contributed by atoms with Crippen molar-refractivity contribution in [3.05, 3.63) is 30.1 Å². The predicted molar refractivity (Wildman–Crippen MR) is 66.5 cm³/mol. The molecule has 3 heteroatoms. The Labute approximate surface area is 98.2 Å². The summed E-state index contributed by atoms with van der Waals surface area (Å²) in [6.45, 7) is 7.93. The lowest BCUT2D eigenvalue weighted by Gasteiger charge is -2.19. The molecule has 0 saturated heterocycles. The minimum atomic E-state index is 0.282. The first kappa shape index (κ1) is 13.1. The number of hydrogen-bond acceptors (Lipinski definition) is 3. The Morgan fingerprint density at radius 2 is 2.19 bits per heavy atom. The van der Waals surface area contributed by atoms with Gasteiger partial charge in [-0.3, -0.25) is 4.98 Å². The third kappa shape index (κ3) is 5.24. The summed E-state index contributed by atoms with van der Waals surface area (Å²) in [5, 5.41) is 3.42. The van der Waals surface area contributed by atoms with Crippen LogP contribution in [0.5, 0.6) is 0 Å². The van der Waals surface area contributed by atoms with Crippen molar-refractivity contribution in [2.75, 3.05) is 13.2 Å². The molecule has 0 saturated carbocycles. The van der Waals surface area contributed by atoms with Gasteiger partial charge in [0.15, 0.2) is 0 Å². The molecule has 1 unspecified atom stereocenters. The largest absolute Gasteiger partial charge is 0.377 e. The summed E-state index contributed by atoms with van der Waals surface area (Å²) < 4.78 is 5.64. The number of nitrogens with one attached hydrogen (secondary N) is 1. The maximum absolute atomic E-state index is 5.64. The van der Waals surface area contributed by atoms with Crippen LogP contribution in [-0.4, -0.2) is 30.3 Å². The van der Waals surface area contributed by atoms with Crippen molar-refractivity contribution in [2.24, 2.45) is 0 Å². The van der Waals surface area contributed by atoms with Crippen molar-refractivity contribution >= 4 is 0 Å². The van der Waals surface area contributed by atoms with E-state index < -0.39 is 0 Å². The molecule has 16 heavy (non-hydrogen) atoms. The Bertz CT molecular complexity index is 275. The minimum Gasteiger partial charge on any atom is -0.377 e. The van der Waals surface area contributed by atoms with Crippen LogP contribution in [0.2, 0.25) is 0 Å². The van der Waals surface area contributed by atoms with Gasteiger partial charge in [0.25, 0.3) is 0 Å². The molecule has 0 amide bonds. The fourth-order valence-electron chi connectivity index (χ4n) is 1.56. The number of pyridine rings is 1. The highest BCUT2D eigenvalue weighted by Crippen LogP contribution is 2.01. The van der Waals surface area contributed by atoms with E-state index in [1.807, 2.05) is 18.3 Å². The summed E-state index contributed by atoms with van der Waals surface area (Å²) in [5.74, 6) is 0.